The first-order valence-electron chi connectivity index (χ1n) is 12.9. The highest BCUT2D eigenvalue weighted by Crippen LogP contribution is 2.27. The maximum Gasteiger partial charge on any atom is 0.318 e. The van der Waals surface area contributed by atoms with Gasteiger partial charge in [-0.25, -0.2) is 8.42 Å². The van der Waals surface area contributed by atoms with Gasteiger partial charge in [-0.2, -0.15) is 0 Å². The lowest BCUT2D eigenvalue weighted by atomic mass is 9.91. The number of ether oxygens (including phenoxy) is 1. The van der Waals surface area contributed by atoms with E-state index in [2.05, 4.69) is 27.7 Å². The van der Waals surface area contributed by atoms with Gasteiger partial charge in [-0.3, -0.25) is 4.79 Å². The topological polar surface area (TPSA) is 83.5 Å². The molecule has 3 rings (SSSR count). The van der Waals surface area contributed by atoms with Crippen LogP contribution in [-0.4, -0.2) is 55.7 Å². The van der Waals surface area contributed by atoms with Crippen molar-refractivity contribution in [3.05, 3.63) is 102 Å². The lowest BCUT2D eigenvalue weighted by Crippen LogP contribution is -2.52. The van der Waals surface area contributed by atoms with E-state index in [1.807, 2.05) is 60.7 Å². The average molecular weight is 526 g/mol. The van der Waals surface area contributed by atoms with Crippen molar-refractivity contribution in [2.45, 2.75) is 51.0 Å². The Balaban J connectivity index is 0.000000402. The summed E-state index contributed by atoms with van der Waals surface area (Å²) in [5, 5.41) is 0. The third kappa shape index (κ3) is 9.11. The summed E-state index contributed by atoms with van der Waals surface area (Å²) in [6.07, 6.45) is 0.773. The molecule has 0 aliphatic heterocycles. The molecule has 0 bridgehead atoms. The number of rotatable bonds is 11. The van der Waals surface area contributed by atoms with Crippen LogP contribution in [0.25, 0.3) is 0 Å². The smallest absolute Gasteiger partial charge is 0.318 e. The zero-order chi connectivity index (χ0) is 27.3. The molecular weight excluding hydrogens is 486 g/mol. The standard InChI is InChI=1S/C24H34NO2.C6H6O3S/c1-5-22(19-25(6-2,7-3)8-4)27-24(26)23(20-15-11-9-12-16-20)21-17-13-10-14-18-21;7-10(8,9)6-4-2-1-3-5-6/h9-18,22-23H,5-8,19H2,1-4H3;1-5H,(H,7,8,9)/q+1;/p-1. The molecule has 0 aliphatic rings. The number of carbonyl (C=O) groups excluding carboxylic acids is 1. The van der Waals surface area contributed by atoms with E-state index in [1.54, 1.807) is 6.07 Å². The summed E-state index contributed by atoms with van der Waals surface area (Å²) in [5.74, 6) is -0.533. The molecule has 0 amide bonds. The van der Waals surface area contributed by atoms with Crippen LogP contribution in [-0.2, 0) is 19.6 Å². The second kappa shape index (κ2) is 14.7. The van der Waals surface area contributed by atoms with Crippen LogP contribution in [0.3, 0.4) is 0 Å². The van der Waals surface area contributed by atoms with E-state index in [1.165, 1.54) is 24.3 Å². The first kappa shape index (κ1) is 30.2. The Bertz CT molecular complexity index is 1120. The Labute approximate surface area is 222 Å². The van der Waals surface area contributed by atoms with Gasteiger partial charge < -0.3 is 13.8 Å². The first-order chi connectivity index (χ1) is 17.7. The van der Waals surface area contributed by atoms with Gasteiger partial charge in [-0.15, -0.1) is 0 Å². The van der Waals surface area contributed by atoms with Crippen molar-refractivity contribution in [1.82, 2.24) is 0 Å². The van der Waals surface area contributed by atoms with Gasteiger partial charge in [0.15, 0.2) is 6.10 Å². The van der Waals surface area contributed by atoms with Gasteiger partial charge in [0.05, 0.1) is 24.5 Å². The molecule has 0 spiro atoms. The maximum atomic E-state index is 13.2. The van der Waals surface area contributed by atoms with Crippen molar-refractivity contribution in [3.63, 3.8) is 0 Å². The molecule has 0 N–H and O–H groups in total. The van der Waals surface area contributed by atoms with E-state index in [4.69, 9.17) is 4.74 Å². The number of hydrogen-bond donors (Lipinski definition) is 0. The second-order valence-electron chi connectivity index (χ2n) is 8.96. The third-order valence-corrected chi connectivity index (χ3v) is 7.72. The Morgan fingerprint density at radius 3 is 1.49 bits per heavy atom. The molecule has 0 aliphatic carbocycles. The van der Waals surface area contributed by atoms with Crippen molar-refractivity contribution < 1.29 is 27.0 Å². The predicted molar refractivity (Wildman–Crippen MR) is 146 cm³/mol. The van der Waals surface area contributed by atoms with Crippen molar-refractivity contribution >= 4 is 16.1 Å². The van der Waals surface area contributed by atoms with E-state index in [0.717, 1.165) is 48.2 Å². The summed E-state index contributed by atoms with van der Waals surface area (Å²) in [6, 6.07) is 27.1. The van der Waals surface area contributed by atoms with Crippen molar-refractivity contribution in [1.29, 1.82) is 0 Å². The van der Waals surface area contributed by atoms with E-state index >= 15 is 0 Å². The molecular formula is C30H39NO5S. The average Bonchev–Trinajstić information content (AvgIpc) is 2.93. The van der Waals surface area contributed by atoms with E-state index < -0.39 is 10.1 Å². The molecule has 0 saturated carbocycles. The van der Waals surface area contributed by atoms with Crippen LogP contribution < -0.4 is 0 Å². The van der Waals surface area contributed by atoms with Crippen LogP contribution in [0.4, 0.5) is 0 Å². The number of carbonyl (C=O) groups is 1. The van der Waals surface area contributed by atoms with Gasteiger partial charge in [-0.05, 0) is 50.5 Å². The Morgan fingerprint density at radius 2 is 1.16 bits per heavy atom. The SMILES string of the molecule is CCC(C[N+](CC)(CC)CC)OC(=O)C(c1ccccc1)c1ccccc1.O=S(=O)([O-])c1ccccc1. The number of likely N-dealkylation sites (N-methyl/N-ethyl adjacent to an activating group) is 1. The minimum atomic E-state index is -4.25. The van der Waals surface area contributed by atoms with Gasteiger partial charge in [0.2, 0.25) is 0 Å². The van der Waals surface area contributed by atoms with Gasteiger partial charge in [0.1, 0.15) is 22.6 Å². The molecule has 3 aromatic rings. The van der Waals surface area contributed by atoms with E-state index in [9.17, 15) is 17.8 Å². The fraction of sp³-hybridized carbons (Fsp3) is 0.367. The highest BCUT2D eigenvalue weighted by molar-refractivity contribution is 7.85. The molecule has 200 valence electrons. The summed E-state index contributed by atoms with van der Waals surface area (Å²) in [4.78, 5) is 13.0. The van der Waals surface area contributed by atoms with Crippen molar-refractivity contribution in [2.24, 2.45) is 0 Å². The van der Waals surface area contributed by atoms with Crippen LogP contribution in [0.15, 0.2) is 95.9 Å². The molecule has 0 radical (unpaired) electrons. The molecule has 0 saturated heterocycles. The van der Waals surface area contributed by atoms with Crippen LogP contribution in [0.5, 0.6) is 0 Å². The normalized spacial score (nSPS) is 12.4. The van der Waals surface area contributed by atoms with E-state index in [-0.39, 0.29) is 22.9 Å². The molecule has 0 fully saturated rings. The van der Waals surface area contributed by atoms with Crippen molar-refractivity contribution in [2.75, 3.05) is 26.2 Å². The quantitative estimate of drug-likeness (QED) is 0.185. The summed E-state index contributed by atoms with van der Waals surface area (Å²) < 4.78 is 37.9. The highest BCUT2D eigenvalue weighted by Gasteiger charge is 2.31. The van der Waals surface area contributed by atoms with Gasteiger partial charge in [0, 0.05) is 0 Å². The number of hydrogen-bond acceptors (Lipinski definition) is 5. The van der Waals surface area contributed by atoms with E-state index in [0.29, 0.717) is 0 Å². The fourth-order valence-electron chi connectivity index (χ4n) is 4.31. The monoisotopic (exact) mass is 525 g/mol. The molecule has 6 nitrogen and oxygen atoms in total. The van der Waals surface area contributed by atoms with Crippen LogP contribution in [0, 0.1) is 0 Å². The van der Waals surface area contributed by atoms with Crippen LogP contribution >= 0.6 is 0 Å². The second-order valence-corrected chi connectivity index (χ2v) is 10.3. The molecule has 0 aromatic heterocycles. The van der Waals surface area contributed by atoms with Gasteiger partial charge in [0.25, 0.3) is 0 Å². The third-order valence-electron chi connectivity index (χ3n) is 6.87. The molecule has 1 atom stereocenters. The number of esters is 1. The minimum absolute atomic E-state index is 0.0627. The first-order valence-corrected chi connectivity index (χ1v) is 14.3. The highest BCUT2D eigenvalue weighted by atomic mass is 32.2. The number of quaternary nitrogens is 1. The maximum absolute atomic E-state index is 13.2. The summed E-state index contributed by atoms with van der Waals surface area (Å²) in [7, 11) is -4.25. The zero-order valence-electron chi connectivity index (χ0n) is 22.2. The largest absolute Gasteiger partial charge is 0.744 e. The molecule has 37 heavy (non-hydrogen) atoms. The molecule has 3 aromatic carbocycles. The Morgan fingerprint density at radius 1 is 0.757 bits per heavy atom. The summed E-state index contributed by atoms with van der Waals surface area (Å²) in [5.41, 5.74) is 1.96. The fourth-order valence-corrected chi connectivity index (χ4v) is 4.81. The molecule has 7 heteroatoms. The summed E-state index contributed by atoms with van der Waals surface area (Å²) in [6.45, 7) is 12.8. The van der Waals surface area contributed by atoms with Crippen molar-refractivity contribution in [3.8, 4) is 0 Å². The van der Waals surface area contributed by atoms with Crippen LogP contribution in [0.1, 0.15) is 51.2 Å². The predicted octanol–water partition coefficient (Wildman–Crippen LogP) is 5.61. The summed E-state index contributed by atoms with van der Waals surface area (Å²) >= 11 is 0. The molecule has 1 unspecified atom stereocenters. The minimum Gasteiger partial charge on any atom is -0.744 e. The zero-order valence-corrected chi connectivity index (χ0v) is 23.1. The number of nitrogens with zero attached hydrogens (tertiary/aromatic N) is 1. The Hall–Kier alpha value is -3.00. The van der Waals surface area contributed by atoms with Gasteiger partial charge >= 0.3 is 5.97 Å². The number of benzene rings is 3. The Kier molecular flexibility index (Phi) is 12.0. The molecule has 0 heterocycles. The van der Waals surface area contributed by atoms with Crippen LogP contribution in [0.2, 0.25) is 0 Å². The lowest BCUT2D eigenvalue weighted by Gasteiger charge is -2.38. The van der Waals surface area contributed by atoms with Gasteiger partial charge in [-0.1, -0.05) is 85.8 Å². The lowest BCUT2D eigenvalue weighted by molar-refractivity contribution is -0.925.